The predicted molar refractivity (Wildman–Crippen MR) is 52.2 cm³/mol. The van der Waals surface area contributed by atoms with Crippen LogP contribution < -0.4 is 5.73 Å². The fourth-order valence-electron chi connectivity index (χ4n) is 1.21. The van der Waals surface area contributed by atoms with E-state index in [0.717, 1.165) is 12.1 Å². The molecule has 0 aliphatic rings. The van der Waals surface area contributed by atoms with Crippen LogP contribution in [-0.2, 0) is 9.84 Å². The van der Waals surface area contributed by atoms with Gasteiger partial charge in [-0.3, -0.25) is 0 Å². The second kappa shape index (κ2) is 4.26. The summed E-state index contributed by atoms with van der Waals surface area (Å²) >= 11 is 0. The van der Waals surface area contributed by atoms with Crippen molar-refractivity contribution in [3.8, 4) is 0 Å². The molecule has 0 radical (unpaired) electrons. The average Bonchev–Trinajstić information content (AvgIpc) is 2.15. The summed E-state index contributed by atoms with van der Waals surface area (Å²) in [5, 5.41) is 0. The summed E-state index contributed by atoms with van der Waals surface area (Å²) in [6.07, 6.45) is 0. The van der Waals surface area contributed by atoms with Crippen LogP contribution in [0.2, 0.25) is 0 Å². The minimum atomic E-state index is -5.69. The van der Waals surface area contributed by atoms with Gasteiger partial charge in [0.25, 0.3) is 9.84 Å². The molecule has 0 heterocycles. The number of alkyl halides is 3. The molecule has 96 valence electrons. The lowest BCUT2D eigenvalue weighted by Crippen LogP contribution is -2.25. The highest BCUT2D eigenvalue weighted by Gasteiger charge is 2.48. The van der Waals surface area contributed by atoms with Gasteiger partial charge in [0.2, 0.25) is 0 Å². The summed E-state index contributed by atoms with van der Waals surface area (Å²) in [6, 6.07) is 1.80. The van der Waals surface area contributed by atoms with Crippen molar-refractivity contribution in [2.45, 2.75) is 23.4 Å². The lowest BCUT2D eigenvalue weighted by atomic mass is 10.1. The third-order valence-electron chi connectivity index (χ3n) is 2.08. The second-order valence-corrected chi connectivity index (χ2v) is 5.31. The standard InChI is InChI=1S/C9H9F4NO2S/c1-5(14)6-3-2-4-7(8(6)10)17(15,16)9(11,12)13/h2-5H,14H2,1H3. The van der Waals surface area contributed by atoms with Gasteiger partial charge < -0.3 is 5.73 Å². The Morgan fingerprint density at radius 2 is 1.82 bits per heavy atom. The van der Waals surface area contributed by atoms with Crippen molar-refractivity contribution < 1.29 is 26.0 Å². The lowest BCUT2D eigenvalue weighted by Gasteiger charge is -2.12. The molecule has 0 fully saturated rings. The van der Waals surface area contributed by atoms with Gasteiger partial charge in [-0.15, -0.1) is 0 Å². The van der Waals surface area contributed by atoms with Crippen molar-refractivity contribution in [1.82, 2.24) is 0 Å². The molecule has 2 N–H and O–H groups in total. The van der Waals surface area contributed by atoms with Crippen LogP contribution in [0, 0.1) is 5.82 Å². The van der Waals surface area contributed by atoms with Crippen LogP contribution in [0.1, 0.15) is 18.5 Å². The van der Waals surface area contributed by atoms with Crippen LogP contribution in [0.4, 0.5) is 17.6 Å². The van der Waals surface area contributed by atoms with Crippen LogP contribution in [0.3, 0.4) is 0 Å². The molecule has 0 spiro atoms. The van der Waals surface area contributed by atoms with Crippen molar-refractivity contribution in [3.05, 3.63) is 29.6 Å². The summed E-state index contributed by atoms with van der Waals surface area (Å²) < 4.78 is 72.4. The Labute approximate surface area is 95.2 Å². The van der Waals surface area contributed by atoms with Crippen molar-refractivity contribution in [3.63, 3.8) is 0 Å². The smallest absolute Gasteiger partial charge is 0.324 e. The Morgan fingerprint density at radius 1 is 1.29 bits per heavy atom. The first-order valence-electron chi connectivity index (χ1n) is 4.44. The first kappa shape index (κ1) is 13.9. The van der Waals surface area contributed by atoms with Gasteiger partial charge in [-0.1, -0.05) is 12.1 Å². The van der Waals surface area contributed by atoms with E-state index in [9.17, 15) is 26.0 Å². The fourth-order valence-corrected chi connectivity index (χ4v) is 2.07. The molecule has 8 heteroatoms. The zero-order valence-corrected chi connectivity index (χ0v) is 9.44. The third kappa shape index (κ3) is 2.42. The third-order valence-corrected chi connectivity index (χ3v) is 3.58. The largest absolute Gasteiger partial charge is 0.502 e. The van der Waals surface area contributed by atoms with E-state index in [1.165, 1.54) is 6.92 Å². The van der Waals surface area contributed by atoms with E-state index in [1.54, 1.807) is 0 Å². The van der Waals surface area contributed by atoms with E-state index in [-0.39, 0.29) is 5.56 Å². The van der Waals surface area contributed by atoms with Gasteiger partial charge in [0.05, 0.1) is 0 Å². The van der Waals surface area contributed by atoms with E-state index in [0.29, 0.717) is 6.07 Å². The van der Waals surface area contributed by atoms with Crippen molar-refractivity contribution in [2.24, 2.45) is 5.73 Å². The molecule has 0 aromatic heterocycles. The molecule has 1 unspecified atom stereocenters. The molecular formula is C9H9F4NO2S. The second-order valence-electron chi connectivity index (χ2n) is 3.40. The summed E-state index contributed by atoms with van der Waals surface area (Å²) in [7, 11) is -5.69. The number of nitrogens with two attached hydrogens (primary N) is 1. The molecular weight excluding hydrogens is 262 g/mol. The lowest BCUT2D eigenvalue weighted by molar-refractivity contribution is -0.0437. The van der Waals surface area contributed by atoms with Gasteiger partial charge in [-0.05, 0) is 13.0 Å². The molecule has 0 amide bonds. The Hall–Kier alpha value is -1.15. The molecule has 0 aliphatic carbocycles. The minimum Gasteiger partial charge on any atom is -0.324 e. The molecule has 1 rings (SSSR count). The normalized spacial score (nSPS) is 14.7. The predicted octanol–water partition coefficient (Wildman–Crippen LogP) is 2.14. The maximum absolute atomic E-state index is 13.6. The quantitative estimate of drug-likeness (QED) is 0.838. The van der Waals surface area contributed by atoms with E-state index in [4.69, 9.17) is 5.73 Å². The van der Waals surface area contributed by atoms with Crippen LogP contribution in [-0.4, -0.2) is 13.9 Å². The zero-order chi connectivity index (χ0) is 13.4. The van der Waals surface area contributed by atoms with Crippen molar-refractivity contribution >= 4 is 9.84 Å². The van der Waals surface area contributed by atoms with Crippen LogP contribution in [0.15, 0.2) is 23.1 Å². The molecule has 1 atom stereocenters. The average molecular weight is 271 g/mol. The first-order chi connectivity index (χ1) is 7.59. The highest BCUT2D eigenvalue weighted by Crippen LogP contribution is 2.33. The Morgan fingerprint density at radius 3 is 2.24 bits per heavy atom. The van der Waals surface area contributed by atoms with Gasteiger partial charge in [-0.25, -0.2) is 12.8 Å². The number of benzene rings is 1. The van der Waals surface area contributed by atoms with E-state index in [2.05, 4.69) is 0 Å². The van der Waals surface area contributed by atoms with E-state index in [1.807, 2.05) is 0 Å². The summed E-state index contributed by atoms with van der Waals surface area (Å²) in [5.74, 6) is -1.46. The molecule has 1 aromatic carbocycles. The molecule has 17 heavy (non-hydrogen) atoms. The van der Waals surface area contributed by atoms with Gasteiger partial charge in [-0.2, -0.15) is 13.2 Å². The fraction of sp³-hybridized carbons (Fsp3) is 0.333. The maximum atomic E-state index is 13.6. The molecule has 0 saturated carbocycles. The topological polar surface area (TPSA) is 60.2 Å². The SMILES string of the molecule is CC(N)c1cccc(S(=O)(=O)C(F)(F)F)c1F. The number of hydrogen-bond acceptors (Lipinski definition) is 3. The van der Waals surface area contributed by atoms with Crippen LogP contribution in [0.25, 0.3) is 0 Å². The number of hydrogen-bond donors (Lipinski definition) is 1. The van der Waals surface area contributed by atoms with Crippen LogP contribution in [0.5, 0.6) is 0 Å². The highest BCUT2D eigenvalue weighted by atomic mass is 32.2. The monoisotopic (exact) mass is 271 g/mol. The van der Waals surface area contributed by atoms with Crippen LogP contribution >= 0.6 is 0 Å². The summed E-state index contributed by atoms with van der Waals surface area (Å²) in [4.78, 5) is -1.40. The Balaban J connectivity index is 3.50. The van der Waals surface area contributed by atoms with Gasteiger partial charge >= 0.3 is 5.51 Å². The maximum Gasteiger partial charge on any atom is 0.502 e. The van der Waals surface area contributed by atoms with Gasteiger partial charge in [0.15, 0.2) is 0 Å². The molecule has 0 saturated heterocycles. The summed E-state index contributed by atoms with van der Waals surface area (Å²) in [6.45, 7) is 1.34. The summed E-state index contributed by atoms with van der Waals surface area (Å²) in [5.41, 5.74) is -0.500. The molecule has 1 aromatic rings. The molecule has 3 nitrogen and oxygen atoms in total. The van der Waals surface area contributed by atoms with Crippen molar-refractivity contribution in [1.29, 1.82) is 0 Å². The Kier molecular flexibility index (Phi) is 3.49. The van der Waals surface area contributed by atoms with E-state index < -0.39 is 32.1 Å². The highest BCUT2D eigenvalue weighted by molar-refractivity contribution is 7.92. The molecule has 0 bridgehead atoms. The van der Waals surface area contributed by atoms with Gasteiger partial charge in [0, 0.05) is 11.6 Å². The number of sulfone groups is 1. The van der Waals surface area contributed by atoms with E-state index >= 15 is 0 Å². The Bertz CT molecular complexity index is 522. The zero-order valence-electron chi connectivity index (χ0n) is 8.62. The number of halogens is 4. The van der Waals surface area contributed by atoms with Crippen molar-refractivity contribution in [2.75, 3.05) is 0 Å². The number of rotatable bonds is 2. The first-order valence-corrected chi connectivity index (χ1v) is 5.92. The van der Waals surface area contributed by atoms with Gasteiger partial charge in [0.1, 0.15) is 10.7 Å². The minimum absolute atomic E-state index is 0.282. The molecule has 0 aliphatic heterocycles.